The first-order valence-electron chi connectivity index (χ1n) is 5.98. The predicted octanol–water partition coefficient (Wildman–Crippen LogP) is 3.29. The van der Waals surface area contributed by atoms with Gasteiger partial charge in [-0.05, 0) is 35.4 Å². The number of hydrogen-bond donors (Lipinski definition) is 2. The van der Waals surface area contributed by atoms with Crippen LogP contribution in [0.1, 0.15) is 21.5 Å². The minimum Gasteiger partial charge on any atom is -0.326 e. The molecule has 0 radical (unpaired) electrons. The quantitative estimate of drug-likeness (QED) is 0.850. The standard InChI is InChI=1S/C15H15BrN2O/c16-9-11-1-5-13(6-2-11)15(19)18-14-7-3-12(10-17)4-8-14/h1-8H,9-10,17H2,(H,18,19). The fourth-order valence-electron chi connectivity index (χ4n) is 1.67. The zero-order valence-electron chi connectivity index (χ0n) is 10.4. The van der Waals surface area contributed by atoms with Gasteiger partial charge in [0, 0.05) is 23.1 Å². The Morgan fingerprint density at radius 3 is 2.11 bits per heavy atom. The fourth-order valence-corrected chi connectivity index (χ4v) is 2.05. The van der Waals surface area contributed by atoms with E-state index in [9.17, 15) is 4.79 Å². The van der Waals surface area contributed by atoms with Crippen molar-refractivity contribution in [2.45, 2.75) is 11.9 Å². The monoisotopic (exact) mass is 318 g/mol. The van der Waals surface area contributed by atoms with E-state index in [-0.39, 0.29) is 5.91 Å². The van der Waals surface area contributed by atoms with Crippen LogP contribution in [0, 0.1) is 0 Å². The molecule has 0 heterocycles. The molecule has 0 spiro atoms. The van der Waals surface area contributed by atoms with Gasteiger partial charge in [0.2, 0.25) is 0 Å². The van der Waals surface area contributed by atoms with Crippen molar-refractivity contribution in [1.82, 2.24) is 0 Å². The molecule has 2 aromatic carbocycles. The van der Waals surface area contributed by atoms with Crippen molar-refractivity contribution in [3.8, 4) is 0 Å². The van der Waals surface area contributed by atoms with Crippen molar-refractivity contribution in [1.29, 1.82) is 0 Å². The zero-order chi connectivity index (χ0) is 13.7. The average molecular weight is 319 g/mol. The van der Waals surface area contributed by atoms with Crippen LogP contribution in [0.5, 0.6) is 0 Å². The summed E-state index contributed by atoms with van der Waals surface area (Å²) < 4.78 is 0. The van der Waals surface area contributed by atoms with Crippen molar-refractivity contribution in [3.05, 3.63) is 65.2 Å². The van der Waals surface area contributed by atoms with Crippen LogP contribution >= 0.6 is 15.9 Å². The number of rotatable bonds is 4. The zero-order valence-corrected chi connectivity index (χ0v) is 12.0. The molecule has 2 rings (SSSR count). The van der Waals surface area contributed by atoms with Crippen LogP contribution in [-0.2, 0) is 11.9 Å². The molecule has 0 atom stereocenters. The second-order valence-electron chi connectivity index (χ2n) is 4.19. The van der Waals surface area contributed by atoms with Gasteiger partial charge in [0.15, 0.2) is 0 Å². The molecule has 4 heteroatoms. The fraction of sp³-hybridized carbons (Fsp3) is 0.133. The number of hydrogen-bond acceptors (Lipinski definition) is 2. The summed E-state index contributed by atoms with van der Waals surface area (Å²) >= 11 is 3.38. The Bertz CT molecular complexity index is 549. The molecule has 0 aliphatic rings. The van der Waals surface area contributed by atoms with Crippen LogP contribution in [0.25, 0.3) is 0 Å². The van der Waals surface area contributed by atoms with Gasteiger partial charge in [-0.1, -0.05) is 40.2 Å². The van der Waals surface area contributed by atoms with E-state index in [4.69, 9.17) is 5.73 Å². The number of alkyl halides is 1. The van der Waals surface area contributed by atoms with E-state index in [0.29, 0.717) is 12.1 Å². The molecule has 0 aliphatic carbocycles. The van der Waals surface area contributed by atoms with E-state index in [1.807, 2.05) is 48.5 Å². The minimum atomic E-state index is -0.110. The molecule has 0 unspecified atom stereocenters. The van der Waals surface area contributed by atoms with Gasteiger partial charge >= 0.3 is 0 Å². The molecule has 3 nitrogen and oxygen atoms in total. The predicted molar refractivity (Wildman–Crippen MR) is 81.4 cm³/mol. The van der Waals surface area contributed by atoms with Gasteiger partial charge in [-0.15, -0.1) is 0 Å². The van der Waals surface area contributed by atoms with Crippen LogP contribution < -0.4 is 11.1 Å². The van der Waals surface area contributed by atoms with E-state index >= 15 is 0 Å². The molecule has 0 bridgehead atoms. The van der Waals surface area contributed by atoms with E-state index in [1.54, 1.807) is 0 Å². The lowest BCUT2D eigenvalue weighted by Crippen LogP contribution is -2.11. The summed E-state index contributed by atoms with van der Waals surface area (Å²) in [6, 6.07) is 15.0. The van der Waals surface area contributed by atoms with Gasteiger partial charge in [-0.2, -0.15) is 0 Å². The Kier molecular flexibility index (Phi) is 4.71. The lowest BCUT2D eigenvalue weighted by Gasteiger charge is -2.06. The van der Waals surface area contributed by atoms with Crippen molar-refractivity contribution in [2.24, 2.45) is 5.73 Å². The second kappa shape index (κ2) is 6.50. The van der Waals surface area contributed by atoms with Crippen LogP contribution in [0.2, 0.25) is 0 Å². The summed E-state index contributed by atoms with van der Waals surface area (Å²) in [6.07, 6.45) is 0. The van der Waals surface area contributed by atoms with Gasteiger partial charge in [-0.3, -0.25) is 4.79 Å². The number of halogens is 1. The number of carbonyl (C=O) groups excluding carboxylic acids is 1. The Morgan fingerprint density at radius 1 is 1.00 bits per heavy atom. The highest BCUT2D eigenvalue weighted by Crippen LogP contribution is 2.12. The summed E-state index contributed by atoms with van der Waals surface area (Å²) in [4.78, 5) is 12.0. The van der Waals surface area contributed by atoms with E-state index in [1.165, 1.54) is 0 Å². The highest BCUT2D eigenvalue weighted by atomic mass is 79.9. The van der Waals surface area contributed by atoms with E-state index in [2.05, 4.69) is 21.2 Å². The summed E-state index contributed by atoms with van der Waals surface area (Å²) in [5.41, 5.74) is 9.13. The van der Waals surface area contributed by atoms with Crippen LogP contribution in [0.4, 0.5) is 5.69 Å². The largest absolute Gasteiger partial charge is 0.326 e. The van der Waals surface area contributed by atoms with E-state index in [0.717, 1.165) is 22.1 Å². The first-order chi connectivity index (χ1) is 9.22. The molecular formula is C15H15BrN2O. The summed E-state index contributed by atoms with van der Waals surface area (Å²) in [5.74, 6) is -0.110. The Hall–Kier alpha value is -1.65. The lowest BCUT2D eigenvalue weighted by atomic mass is 10.1. The second-order valence-corrected chi connectivity index (χ2v) is 4.75. The number of benzene rings is 2. The molecule has 19 heavy (non-hydrogen) atoms. The van der Waals surface area contributed by atoms with Gasteiger partial charge in [0.25, 0.3) is 5.91 Å². The lowest BCUT2D eigenvalue weighted by molar-refractivity contribution is 0.102. The molecule has 1 amide bonds. The summed E-state index contributed by atoms with van der Waals surface area (Å²) in [7, 11) is 0. The van der Waals surface area contributed by atoms with Crippen molar-refractivity contribution in [2.75, 3.05) is 5.32 Å². The molecule has 0 fully saturated rings. The van der Waals surface area contributed by atoms with Gasteiger partial charge in [0.1, 0.15) is 0 Å². The summed E-state index contributed by atoms with van der Waals surface area (Å²) in [6.45, 7) is 0.502. The molecule has 0 aromatic heterocycles. The number of nitrogens with two attached hydrogens (primary N) is 1. The normalized spacial score (nSPS) is 10.2. The Balaban J connectivity index is 2.06. The highest BCUT2D eigenvalue weighted by Gasteiger charge is 2.05. The average Bonchev–Trinajstić information content (AvgIpc) is 2.48. The molecule has 2 aromatic rings. The van der Waals surface area contributed by atoms with E-state index < -0.39 is 0 Å². The smallest absolute Gasteiger partial charge is 0.255 e. The minimum absolute atomic E-state index is 0.110. The Labute approximate surface area is 121 Å². The van der Waals surface area contributed by atoms with Gasteiger partial charge in [-0.25, -0.2) is 0 Å². The number of nitrogens with one attached hydrogen (secondary N) is 1. The van der Waals surface area contributed by atoms with Crippen molar-refractivity contribution < 1.29 is 4.79 Å². The third-order valence-corrected chi connectivity index (χ3v) is 3.47. The molecular weight excluding hydrogens is 304 g/mol. The SMILES string of the molecule is NCc1ccc(NC(=O)c2ccc(CBr)cc2)cc1. The van der Waals surface area contributed by atoms with Gasteiger partial charge < -0.3 is 11.1 Å². The molecule has 98 valence electrons. The Morgan fingerprint density at radius 2 is 1.58 bits per heavy atom. The van der Waals surface area contributed by atoms with Crippen LogP contribution in [-0.4, -0.2) is 5.91 Å². The summed E-state index contributed by atoms with van der Waals surface area (Å²) in [5, 5.41) is 3.64. The molecule has 3 N–H and O–H groups in total. The molecule has 0 aliphatic heterocycles. The van der Waals surface area contributed by atoms with Crippen molar-refractivity contribution in [3.63, 3.8) is 0 Å². The topological polar surface area (TPSA) is 55.1 Å². The van der Waals surface area contributed by atoms with Crippen LogP contribution in [0.3, 0.4) is 0 Å². The third-order valence-electron chi connectivity index (χ3n) is 2.82. The first kappa shape index (κ1) is 13.8. The highest BCUT2D eigenvalue weighted by molar-refractivity contribution is 9.08. The number of amides is 1. The molecule has 0 saturated heterocycles. The molecule has 0 saturated carbocycles. The van der Waals surface area contributed by atoms with Crippen LogP contribution in [0.15, 0.2) is 48.5 Å². The maximum Gasteiger partial charge on any atom is 0.255 e. The third kappa shape index (κ3) is 3.66. The maximum absolute atomic E-state index is 12.0. The first-order valence-corrected chi connectivity index (χ1v) is 7.10. The van der Waals surface area contributed by atoms with Gasteiger partial charge in [0.05, 0.1) is 0 Å². The maximum atomic E-state index is 12.0. The number of carbonyl (C=O) groups is 1. The van der Waals surface area contributed by atoms with Crippen molar-refractivity contribution >= 4 is 27.5 Å². The number of anilines is 1.